The van der Waals surface area contributed by atoms with E-state index in [1.165, 1.54) is 31.9 Å². The standard InChI is InChI=1S/C13H19N5O5/c1-17(7-9(19)22-2)12-10(18(20)21)11(14)15-13(16-12)23-6-5-8-3-4-8/h8H,3-7H2,1-2H3,(H2,14,15,16). The summed E-state index contributed by atoms with van der Waals surface area (Å²) in [5.74, 6) is -0.283. The Kier molecular flexibility index (Phi) is 5.14. The fourth-order valence-corrected chi connectivity index (χ4v) is 2.00. The van der Waals surface area contributed by atoms with Gasteiger partial charge in [0.05, 0.1) is 18.6 Å². The van der Waals surface area contributed by atoms with Crippen molar-refractivity contribution in [2.75, 3.05) is 37.9 Å². The molecule has 0 amide bonds. The highest BCUT2D eigenvalue weighted by atomic mass is 16.6. The number of likely N-dealkylation sites (N-methyl/N-ethyl adjacent to an activating group) is 1. The van der Waals surface area contributed by atoms with Crippen LogP contribution in [0.1, 0.15) is 19.3 Å². The Morgan fingerprint density at radius 2 is 2.17 bits per heavy atom. The second-order valence-electron chi connectivity index (χ2n) is 5.33. The Balaban J connectivity index is 2.21. The lowest BCUT2D eigenvalue weighted by atomic mass is 10.3. The number of ether oxygens (including phenoxy) is 2. The molecule has 0 spiro atoms. The van der Waals surface area contributed by atoms with E-state index in [0.29, 0.717) is 12.5 Å². The number of esters is 1. The summed E-state index contributed by atoms with van der Waals surface area (Å²) in [5, 5.41) is 11.2. The van der Waals surface area contributed by atoms with E-state index < -0.39 is 16.6 Å². The number of carbonyl (C=O) groups excluding carboxylic acids is 1. The summed E-state index contributed by atoms with van der Waals surface area (Å²) in [6.45, 7) is 0.206. The SMILES string of the molecule is COC(=O)CN(C)c1nc(OCCC2CC2)nc(N)c1[N+](=O)[O-]. The Bertz CT molecular complexity index is 605. The van der Waals surface area contributed by atoms with Gasteiger partial charge in [0, 0.05) is 7.05 Å². The van der Waals surface area contributed by atoms with Crippen LogP contribution in [0.15, 0.2) is 0 Å². The maximum atomic E-state index is 11.4. The largest absolute Gasteiger partial charge is 0.468 e. The van der Waals surface area contributed by atoms with Crippen LogP contribution in [-0.2, 0) is 9.53 Å². The van der Waals surface area contributed by atoms with E-state index in [0.717, 1.165) is 6.42 Å². The second kappa shape index (κ2) is 7.07. The first-order valence-electron chi connectivity index (χ1n) is 7.15. The predicted octanol–water partition coefficient (Wildman–Crippen LogP) is 0.755. The van der Waals surface area contributed by atoms with Gasteiger partial charge in [-0.2, -0.15) is 9.97 Å². The molecular weight excluding hydrogens is 306 g/mol. The Hall–Kier alpha value is -2.65. The van der Waals surface area contributed by atoms with Gasteiger partial charge in [0.2, 0.25) is 11.6 Å². The van der Waals surface area contributed by atoms with Gasteiger partial charge < -0.3 is 20.1 Å². The first-order chi connectivity index (χ1) is 10.9. The van der Waals surface area contributed by atoms with Crippen molar-refractivity contribution >= 4 is 23.3 Å². The summed E-state index contributed by atoms with van der Waals surface area (Å²) in [5.41, 5.74) is 5.19. The maximum Gasteiger partial charge on any atom is 0.353 e. The highest BCUT2D eigenvalue weighted by Crippen LogP contribution is 2.34. The van der Waals surface area contributed by atoms with E-state index in [4.69, 9.17) is 10.5 Å². The van der Waals surface area contributed by atoms with Crippen molar-refractivity contribution < 1.29 is 19.2 Å². The van der Waals surface area contributed by atoms with Gasteiger partial charge in [0.25, 0.3) is 0 Å². The van der Waals surface area contributed by atoms with Crippen LogP contribution in [0.25, 0.3) is 0 Å². The minimum Gasteiger partial charge on any atom is -0.468 e. The summed E-state index contributed by atoms with van der Waals surface area (Å²) in [6, 6.07) is -0.0412. The molecule has 1 aromatic rings. The number of rotatable bonds is 8. The third-order valence-corrected chi connectivity index (χ3v) is 3.46. The predicted molar refractivity (Wildman–Crippen MR) is 81.2 cm³/mol. The van der Waals surface area contributed by atoms with Crippen molar-refractivity contribution in [2.45, 2.75) is 19.3 Å². The topological polar surface area (TPSA) is 134 Å². The lowest BCUT2D eigenvalue weighted by molar-refractivity contribution is -0.383. The van der Waals surface area contributed by atoms with Crippen molar-refractivity contribution in [3.05, 3.63) is 10.1 Å². The van der Waals surface area contributed by atoms with E-state index in [9.17, 15) is 14.9 Å². The zero-order valence-electron chi connectivity index (χ0n) is 13.0. The molecule has 23 heavy (non-hydrogen) atoms. The minimum atomic E-state index is -0.688. The molecule has 0 aromatic carbocycles. The highest BCUT2D eigenvalue weighted by molar-refractivity contribution is 5.78. The van der Waals surface area contributed by atoms with Crippen molar-refractivity contribution in [1.29, 1.82) is 0 Å². The molecule has 0 atom stereocenters. The maximum absolute atomic E-state index is 11.4. The molecule has 1 aliphatic carbocycles. The summed E-state index contributed by atoms with van der Waals surface area (Å²) < 4.78 is 9.97. The van der Waals surface area contributed by atoms with Crippen LogP contribution >= 0.6 is 0 Å². The molecule has 1 aromatic heterocycles. The van der Waals surface area contributed by atoms with Gasteiger partial charge in [-0.25, -0.2) is 0 Å². The van der Waals surface area contributed by atoms with Gasteiger partial charge >= 0.3 is 17.7 Å². The molecule has 0 saturated heterocycles. The zero-order chi connectivity index (χ0) is 17.0. The monoisotopic (exact) mass is 325 g/mol. The molecule has 1 saturated carbocycles. The number of aromatic nitrogens is 2. The van der Waals surface area contributed by atoms with Crippen LogP contribution in [0.4, 0.5) is 17.3 Å². The summed E-state index contributed by atoms with van der Waals surface area (Å²) in [6.07, 6.45) is 3.27. The van der Waals surface area contributed by atoms with E-state index in [2.05, 4.69) is 14.7 Å². The van der Waals surface area contributed by atoms with Crippen molar-refractivity contribution in [3.63, 3.8) is 0 Å². The molecule has 1 heterocycles. The molecule has 1 aliphatic rings. The summed E-state index contributed by atoms with van der Waals surface area (Å²) in [7, 11) is 2.70. The lowest BCUT2D eigenvalue weighted by Crippen LogP contribution is -2.28. The molecule has 10 nitrogen and oxygen atoms in total. The minimum absolute atomic E-state index is 0.0412. The van der Waals surface area contributed by atoms with Gasteiger partial charge in [-0.3, -0.25) is 14.9 Å². The van der Waals surface area contributed by atoms with Crippen LogP contribution in [0.5, 0.6) is 6.01 Å². The van der Waals surface area contributed by atoms with Gasteiger partial charge in [-0.15, -0.1) is 0 Å². The van der Waals surface area contributed by atoms with E-state index in [-0.39, 0.29) is 24.2 Å². The van der Waals surface area contributed by atoms with E-state index >= 15 is 0 Å². The number of methoxy groups -OCH3 is 1. The van der Waals surface area contributed by atoms with Crippen LogP contribution in [0.2, 0.25) is 0 Å². The molecule has 2 rings (SSSR count). The number of hydrogen-bond acceptors (Lipinski definition) is 9. The molecule has 0 aliphatic heterocycles. The molecule has 126 valence electrons. The number of anilines is 2. The van der Waals surface area contributed by atoms with Crippen LogP contribution < -0.4 is 15.4 Å². The second-order valence-corrected chi connectivity index (χ2v) is 5.33. The first-order valence-corrected chi connectivity index (χ1v) is 7.15. The van der Waals surface area contributed by atoms with E-state index in [1.54, 1.807) is 0 Å². The molecule has 0 unspecified atom stereocenters. The molecule has 0 radical (unpaired) electrons. The quantitative estimate of drug-likeness (QED) is 0.417. The highest BCUT2D eigenvalue weighted by Gasteiger charge is 2.28. The lowest BCUT2D eigenvalue weighted by Gasteiger charge is -2.17. The van der Waals surface area contributed by atoms with Crippen molar-refractivity contribution in [1.82, 2.24) is 9.97 Å². The molecule has 1 fully saturated rings. The van der Waals surface area contributed by atoms with Gasteiger partial charge in [0.15, 0.2) is 0 Å². The Morgan fingerprint density at radius 3 is 2.74 bits per heavy atom. The van der Waals surface area contributed by atoms with Crippen LogP contribution in [0, 0.1) is 16.0 Å². The van der Waals surface area contributed by atoms with Crippen molar-refractivity contribution in [3.8, 4) is 6.01 Å². The number of carbonyl (C=O) groups is 1. The summed E-state index contributed by atoms with van der Waals surface area (Å²) >= 11 is 0. The Labute approximate surface area is 132 Å². The zero-order valence-corrected chi connectivity index (χ0v) is 13.0. The normalized spacial score (nSPS) is 13.5. The Morgan fingerprint density at radius 1 is 1.48 bits per heavy atom. The number of nitrogens with zero attached hydrogens (tertiary/aromatic N) is 4. The van der Waals surface area contributed by atoms with Crippen LogP contribution in [0.3, 0.4) is 0 Å². The molecule has 10 heteroatoms. The fourth-order valence-electron chi connectivity index (χ4n) is 2.00. The summed E-state index contributed by atoms with van der Waals surface area (Å²) in [4.78, 5) is 31.0. The van der Waals surface area contributed by atoms with Gasteiger partial charge in [-0.1, -0.05) is 12.8 Å². The third kappa shape index (κ3) is 4.41. The average molecular weight is 325 g/mol. The number of nitro groups is 1. The average Bonchev–Trinajstić information content (AvgIpc) is 3.30. The van der Waals surface area contributed by atoms with Gasteiger partial charge in [-0.05, 0) is 12.3 Å². The number of hydrogen-bond donors (Lipinski definition) is 1. The third-order valence-electron chi connectivity index (χ3n) is 3.46. The van der Waals surface area contributed by atoms with Crippen LogP contribution in [-0.4, -0.2) is 48.2 Å². The number of nitrogen functional groups attached to an aromatic ring is 1. The molecule has 0 bridgehead atoms. The van der Waals surface area contributed by atoms with Crippen molar-refractivity contribution in [2.24, 2.45) is 5.92 Å². The molecule has 2 N–H and O–H groups in total. The number of nitrogens with two attached hydrogens (primary N) is 1. The van der Waals surface area contributed by atoms with E-state index in [1.807, 2.05) is 0 Å². The fraction of sp³-hybridized carbons (Fsp3) is 0.615. The van der Waals surface area contributed by atoms with Gasteiger partial charge in [0.1, 0.15) is 6.54 Å². The smallest absolute Gasteiger partial charge is 0.353 e. The molecular formula is C13H19N5O5. The first kappa shape index (κ1) is 16.7.